The van der Waals surface area contributed by atoms with Crippen LogP contribution in [0, 0.1) is 13.8 Å². The van der Waals surface area contributed by atoms with Gasteiger partial charge in [0.1, 0.15) is 0 Å². The van der Waals surface area contributed by atoms with Crippen molar-refractivity contribution in [1.29, 1.82) is 0 Å². The summed E-state index contributed by atoms with van der Waals surface area (Å²) in [6.07, 6.45) is 5.61. The summed E-state index contributed by atoms with van der Waals surface area (Å²) in [5, 5.41) is 4.85. The summed E-state index contributed by atoms with van der Waals surface area (Å²) in [5.41, 5.74) is 6.15. The van der Waals surface area contributed by atoms with E-state index < -0.39 is 0 Å². The predicted octanol–water partition coefficient (Wildman–Crippen LogP) is 4.26. The summed E-state index contributed by atoms with van der Waals surface area (Å²) >= 11 is 1.54. The lowest BCUT2D eigenvalue weighted by Crippen LogP contribution is -2.15. The van der Waals surface area contributed by atoms with Crippen LogP contribution in [0.25, 0.3) is 16.2 Å². The van der Waals surface area contributed by atoms with Crippen molar-refractivity contribution in [3.05, 3.63) is 71.1 Å². The van der Waals surface area contributed by atoms with Crippen molar-refractivity contribution >= 4 is 27.9 Å². The number of pyridine rings is 1. The molecule has 5 nitrogen and oxygen atoms in total. The van der Waals surface area contributed by atoms with Gasteiger partial charge in [0.25, 0.3) is 0 Å². The number of thiazole rings is 1. The molecule has 0 unspecified atom stereocenters. The lowest BCUT2D eigenvalue weighted by molar-refractivity contribution is -0.115. The molecule has 0 radical (unpaired) electrons. The topological polar surface area (TPSA) is 59.3 Å². The molecule has 0 spiro atoms. The average Bonchev–Trinajstić information content (AvgIpc) is 3.20. The monoisotopic (exact) mass is 362 g/mol. The van der Waals surface area contributed by atoms with Crippen LogP contribution in [0.2, 0.25) is 0 Å². The Balaban J connectivity index is 1.58. The zero-order valence-electron chi connectivity index (χ0n) is 14.6. The number of carbonyl (C=O) groups excluding carboxylic acids is 1. The van der Waals surface area contributed by atoms with E-state index in [0.29, 0.717) is 5.69 Å². The van der Waals surface area contributed by atoms with Gasteiger partial charge in [0.15, 0.2) is 4.96 Å². The maximum Gasteiger partial charge on any atom is 0.230 e. The zero-order chi connectivity index (χ0) is 18.1. The van der Waals surface area contributed by atoms with E-state index in [2.05, 4.69) is 42.3 Å². The standard InChI is InChI=1S/C20H18N4OS/c1-13-5-6-15(8-14(13)2)18-11-24-17(12-26-20(24)23-18)9-19(25)22-16-4-3-7-21-10-16/h3-8,10-12H,9H2,1-2H3,(H,22,25). The fraction of sp³-hybridized carbons (Fsp3) is 0.150. The number of fused-ring (bicyclic) bond motifs is 1. The van der Waals surface area contributed by atoms with Crippen molar-refractivity contribution in [2.24, 2.45) is 0 Å². The molecule has 0 saturated heterocycles. The molecule has 0 bridgehead atoms. The molecule has 3 heterocycles. The molecule has 6 heteroatoms. The van der Waals surface area contributed by atoms with Crippen LogP contribution in [-0.2, 0) is 11.2 Å². The first-order valence-corrected chi connectivity index (χ1v) is 9.21. The van der Waals surface area contributed by atoms with Gasteiger partial charge in [-0.1, -0.05) is 12.1 Å². The first-order chi connectivity index (χ1) is 12.6. The number of aryl methyl sites for hydroxylation is 2. The smallest absolute Gasteiger partial charge is 0.230 e. The van der Waals surface area contributed by atoms with E-state index in [9.17, 15) is 4.79 Å². The van der Waals surface area contributed by atoms with Gasteiger partial charge in [0, 0.05) is 29.0 Å². The third-order valence-corrected chi connectivity index (χ3v) is 5.26. The van der Waals surface area contributed by atoms with Crippen molar-refractivity contribution in [3.8, 4) is 11.3 Å². The zero-order valence-corrected chi connectivity index (χ0v) is 15.4. The highest BCUT2D eigenvalue weighted by molar-refractivity contribution is 7.15. The van der Waals surface area contributed by atoms with Gasteiger partial charge in [-0.3, -0.25) is 14.2 Å². The van der Waals surface area contributed by atoms with Gasteiger partial charge < -0.3 is 5.32 Å². The highest BCUT2D eigenvalue weighted by atomic mass is 32.1. The lowest BCUT2D eigenvalue weighted by Gasteiger charge is -2.04. The van der Waals surface area contributed by atoms with Crippen LogP contribution in [0.15, 0.2) is 54.3 Å². The largest absolute Gasteiger partial charge is 0.324 e. The first kappa shape index (κ1) is 16.5. The van der Waals surface area contributed by atoms with Gasteiger partial charge in [0.05, 0.1) is 24.0 Å². The number of nitrogens with one attached hydrogen (secondary N) is 1. The number of anilines is 1. The third kappa shape index (κ3) is 3.23. The summed E-state index contributed by atoms with van der Waals surface area (Å²) in [6.45, 7) is 4.20. The first-order valence-electron chi connectivity index (χ1n) is 8.33. The van der Waals surface area contributed by atoms with Gasteiger partial charge in [-0.05, 0) is 43.2 Å². The Morgan fingerprint density at radius 3 is 2.88 bits per heavy atom. The van der Waals surface area contributed by atoms with E-state index in [1.165, 1.54) is 11.1 Å². The minimum atomic E-state index is -0.0702. The van der Waals surface area contributed by atoms with Crippen LogP contribution in [0.4, 0.5) is 5.69 Å². The summed E-state index contributed by atoms with van der Waals surface area (Å²) < 4.78 is 2.00. The molecule has 1 N–H and O–H groups in total. The van der Waals surface area contributed by atoms with Crippen LogP contribution in [-0.4, -0.2) is 20.3 Å². The van der Waals surface area contributed by atoms with Crippen molar-refractivity contribution < 1.29 is 4.79 Å². The van der Waals surface area contributed by atoms with E-state index in [4.69, 9.17) is 4.98 Å². The molecule has 3 aromatic heterocycles. The van der Waals surface area contributed by atoms with Gasteiger partial charge in [-0.15, -0.1) is 11.3 Å². The summed E-state index contributed by atoms with van der Waals surface area (Å²) in [5.74, 6) is -0.0702. The van der Waals surface area contributed by atoms with Gasteiger partial charge in [-0.25, -0.2) is 4.98 Å². The van der Waals surface area contributed by atoms with Crippen LogP contribution in [0.5, 0.6) is 0 Å². The number of nitrogens with zero attached hydrogens (tertiary/aromatic N) is 3. The van der Waals surface area contributed by atoms with Gasteiger partial charge in [0.2, 0.25) is 5.91 Å². The Morgan fingerprint density at radius 2 is 2.12 bits per heavy atom. The van der Waals surface area contributed by atoms with Gasteiger partial charge >= 0.3 is 0 Å². The Hall–Kier alpha value is -2.99. The molecule has 0 aliphatic heterocycles. The van der Waals surface area contributed by atoms with E-state index in [1.807, 2.05) is 22.0 Å². The summed E-state index contributed by atoms with van der Waals surface area (Å²) in [4.78, 5) is 21.9. The molecule has 0 aliphatic carbocycles. The Kier molecular flexibility index (Phi) is 4.26. The number of rotatable bonds is 4. The number of hydrogen-bond acceptors (Lipinski definition) is 4. The molecule has 0 aliphatic rings. The summed E-state index contributed by atoms with van der Waals surface area (Å²) in [7, 11) is 0. The van der Waals surface area contributed by atoms with Crippen molar-refractivity contribution in [2.75, 3.05) is 5.32 Å². The number of benzene rings is 1. The molecule has 1 amide bonds. The molecule has 4 rings (SSSR count). The maximum absolute atomic E-state index is 12.3. The fourth-order valence-electron chi connectivity index (χ4n) is 2.80. The highest BCUT2D eigenvalue weighted by Gasteiger charge is 2.13. The Morgan fingerprint density at radius 1 is 1.23 bits per heavy atom. The number of imidazole rings is 1. The van der Waals surface area contributed by atoms with Crippen molar-refractivity contribution in [1.82, 2.24) is 14.4 Å². The number of aromatic nitrogens is 3. The van der Waals surface area contributed by atoms with Crippen LogP contribution in [0.1, 0.15) is 16.8 Å². The molecule has 26 heavy (non-hydrogen) atoms. The molecule has 4 aromatic rings. The normalized spacial score (nSPS) is 11.0. The van der Waals surface area contributed by atoms with E-state index >= 15 is 0 Å². The highest BCUT2D eigenvalue weighted by Crippen LogP contribution is 2.25. The van der Waals surface area contributed by atoms with Crippen molar-refractivity contribution in [3.63, 3.8) is 0 Å². The second-order valence-electron chi connectivity index (χ2n) is 6.27. The molecular formula is C20H18N4OS. The quantitative estimate of drug-likeness (QED) is 0.590. The Labute approximate surface area is 155 Å². The molecular weight excluding hydrogens is 344 g/mol. The number of carbonyl (C=O) groups is 1. The number of hydrogen-bond donors (Lipinski definition) is 1. The average molecular weight is 362 g/mol. The van der Waals surface area contributed by atoms with E-state index in [-0.39, 0.29) is 12.3 Å². The fourth-order valence-corrected chi connectivity index (χ4v) is 3.68. The second-order valence-corrected chi connectivity index (χ2v) is 7.11. The molecule has 0 atom stereocenters. The van der Waals surface area contributed by atoms with Crippen LogP contribution >= 0.6 is 11.3 Å². The number of amides is 1. The second kappa shape index (κ2) is 6.72. The Bertz CT molecular complexity index is 1080. The minimum Gasteiger partial charge on any atom is -0.324 e. The van der Waals surface area contributed by atoms with E-state index in [0.717, 1.165) is 21.9 Å². The SMILES string of the molecule is Cc1ccc(-c2cn3c(CC(=O)Nc4cccnc4)csc3n2)cc1C. The third-order valence-electron chi connectivity index (χ3n) is 4.37. The van der Waals surface area contributed by atoms with E-state index in [1.54, 1.807) is 29.8 Å². The predicted molar refractivity (Wildman–Crippen MR) is 105 cm³/mol. The maximum atomic E-state index is 12.3. The minimum absolute atomic E-state index is 0.0702. The molecule has 0 saturated carbocycles. The lowest BCUT2D eigenvalue weighted by atomic mass is 10.1. The molecule has 130 valence electrons. The molecule has 0 fully saturated rings. The summed E-state index contributed by atoms with van der Waals surface area (Å²) in [6, 6.07) is 9.97. The van der Waals surface area contributed by atoms with Gasteiger partial charge in [-0.2, -0.15) is 0 Å². The molecule has 1 aromatic carbocycles. The van der Waals surface area contributed by atoms with Crippen LogP contribution in [0.3, 0.4) is 0 Å². The van der Waals surface area contributed by atoms with Crippen LogP contribution < -0.4 is 5.32 Å². The van der Waals surface area contributed by atoms with Crippen molar-refractivity contribution in [2.45, 2.75) is 20.3 Å².